The minimum Gasteiger partial charge on any atom is -0.297 e. The first-order chi connectivity index (χ1) is 14.3. The lowest BCUT2D eigenvalue weighted by atomic mass is 9.97. The molecule has 4 rings (SSSR count). The Hall–Kier alpha value is -1.46. The van der Waals surface area contributed by atoms with E-state index in [1.54, 1.807) is 18.2 Å². The molecule has 0 bridgehead atoms. The number of nitrogens with zero attached hydrogens (tertiary/aromatic N) is 2. The zero-order chi connectivity index (χ0) is 21.4. The number of hydrogen-bond donors (Lipinski definition) is 0. The van der Waals surface area contributed by atoms with Gasteiger partial charge >= 0.3 is 0 Å². The number of halogens is 3. The number of carbonyl (C=O) groups is 1. The largest absolute Gasteiger partial charge is 0.297 e. The maximum atomic E-state index is 14.5. The van der Waals surface area contributed by atoms with Gasteiger partial charge in [-0.05, 0) is 79.6 Å². The lowest BCUT2D eigenvalue weighted by Crippen LogP contribution is -2.46. The fourth-order valence-corrected chi connectivity index (χ4v) is 4.93. The SMILES string of the molecule is CC(=O)c1cc(C2CC2)c(CN2CCN(C(C)c3cc(Cl)cc(Cl)c3)CC2)cc1F. The summed E-state index contributed by atoms with van der Waals surface area (Å²) >= 11 is 12.3. The standard InChI is InChI=1S/C24H27Cl2FN2O/c1-15(18-9-20(25)12-21(26)10-18)29-7-5-28(6-8-29)14-19-11-24(27)22(16(2)30)13-23(19)17-3-4-17/h9-13,15,17H,3-8,14H2,1-2H3. The van der Waals surface area contributed by atoms with E-state index in [4.69, 9.17) is 23.2 Å². The van der Waals surface area contributed by atoms with Crippen LogP contribution in [0.15, 0.2) is 30.3 Å². The number of rotatable bonds is 6. The van der Waals surface area contributed by atoms with Gasteiger partial charge in [-0.15, -0.1) is 0 Å². The second-order valence-electron chi connectivity index (χ2n) is 8.55. The summed E-state index contributed by atoms with van der Waals surface area (Å²) in [4.78, 5) is 16.6. The molecule has 1 aliphatic heterocycles. The van der Waals surface area contributed by atoms with Crippen LogP contribution in [0.4, 0.5) is 4.39 Å². The van der Waals surface area contributed by atoms with Crippen LogP contribution in [0.5, 0.6) is 0 Å². The van der Waals surface area contributed by atoms with Gasteiger partial charge in [0, 0.05) is 48.8 Å². The number of Topliss-reactive ketones (excluding diaryl/α,β-unsaturated/α-hetero) is 1. The van der Waals surface area contributed by atoms with Gasteiger partial charge in [-0.2, -0.15) is 0 Å². The van der Waals surface area contributed by atoms with E-state index in [1.165, 1.54) is 6.92 Å². The first-order valence-electron chi connectivity index (χ1n) is 10.6. The number of piperazine rings is 1. The summed E-state index contributed by atoms with van der Waals surface area (Å²) in [7, 11) is 0. The van der Waals surface area contributed by atoms with Crippen molar-refractivity contribution in [2.45, 2.75) is 45.2 Å². The third-order valence-electron chi connectivity index (χ3n) is 6.34. The topological polar surface area (TPSA) is 23.6 Å². The molecule has 1 saturated carbocycles. The van der Waals surface area contributed by atoms with Crippen LogP contribution in [-0.4, -0.2) is 41.8 Å². The van der Waals surface area contributed by atoms with E-state index in [-0.39, 0.29) is 17.4 Å². The van der Waals surface area contributed by atoms with Crippen molar-refractivity contribution in [2.75, 3.05) is 26.2 Å². The Kier molecular flexibility index (Phi) is 6.50. The van der Waals surface area contributed by atoms with Crippen molar-refractivity contribution in [3.8, 4) is 0 Å². The van der Waals surface area contributed by atoms with Crippen LogP contribution < -0.4 is 0 Å². The van der Waals surface area contributed by atoms with Crippen LogP contribution in [0, 0.1) is 5.82 Å². The van der Waals surface area contributed by atoms with Crippen molar-refractivity contribution in [3.63, 3.8) is 0 Å². The summed E-state index contributed by atoms with van der Waals surface area (Å²) < 4.78 is 14.5. The molecule has 2 fully saturated rings. The lowest BCUT2D eigenvalue weighted by Gasteiger charge is -2.38. The van der Waals surface area contributed by atoms with Gasteiger partial charge in [-0.1, -0.05) is 23.2 Å². The zero-order valence-electron chi connectivity index (χ0n) is 17.4. The van der Waals surface area contributed by atoms with Crippen LogP contribution >= 0.6 is 23.2 Å². The van der Waals surface area contributed by atoms with Crippen LogP contribution in [0.3, 0.4) is 0 Å². The Labute approximate surface area is 187 Å². The summed E-state index contributed by atoms with van der Waals surface area (Å²) in [5, 5.41) is 1.32. The molecule has 2 aliphatic rings. The van der Waals surface area contributed by atoms with Crippen molar-refractivity contribution in [2.24, 2.45) is 0 Å². The Morgan fingerprint density at radius 1 is 1.07 bits per heavy atom. The normalized spacial score (nSPS) is 19.1. The summed E-state index contributed by atoms with van der Waals surface area (Å²) in [6, 6.07) is 9.33. The molecule has 0 N–H and O–H groups in total. The molecule has 1 saturated heterocycles. The van der Waals surface area contributed by atoms with Gasteiger partial charge in [0.25, 0.3) is 0 Å². The summed E-state index contributed by atoms with van der Waals surface area (Å²) in [6.45, 7) is 8.03. The van der Waals surface area contributed by atoms with Gasteiger partial charge in [0.2, 0.25) is 0 Å². The lowest BCUT2D eigenvalue weighted by molar-refractivity contribution is 0.0975. The first-order valence-corrected chi connectivity index (χ1v) is 11.3. The average molecular weight is 449 g/mol. The van der Waals surface area contributed by atoms with E-state index in [9.17, 15) is 9.18 Å². The Morgan fingerprint density at radius 3 is 2.27 bits per heavy atom. The second-order valence-corrected chi connectivity index (χ2v) is 9.43. The van der Waals surface area contributed by atoms with Crippen molar-refractivity contribution in [3.05, 3.63) is 68.4 Å². The van der Waals surface area contributed by atoms with Gasteiger partial charge < -0.3 is 0 Å². The van der Waals surface area contributed by atoms with E-state index in [0.717, 1.165) is 62.3 Å². The first kappa shape index (κ1) is 21.8. The molecule has 1 aliphatic carbocycles. The molecule has 30 heavy (non-hydrogen) atoms. The van der Waals surface area contributed by atoms with Crippen LogP contribution in [0.25, 0.3) is 0 Å². The highest BCUT2D eigenvalue weighted by Crippen LogP contribution is 2.43. The number of carbonyl (C=O) groups excluding carboxylic acids is 1. The Balaban J connectivity index is 1.43. The van der Waals surface area contributed by atoms with Crippen LogP contribution in [0.1, 0.15) is 65.7 Å². The molecule has 1 unspecified atom stereocenters. The average Bonchev–Trinajstić information content (AvgIpc) is 3.52. The molecular formula is C24H27Cl2FN2O. The van der Waals surface area contributed by atoms with Crippen molar-refractivity contribution in [1.29, 1.82) is 0 Å². The van der Waals surface area contributed by atoms with Crippen molar-refractivity contribution >= 4 is 29.0 Å². The number of ketones is 1. The molecule has 160 valence electrons. The predicted molar refractivity (Wildman–Crippen MR) is 120 cm³/mol. The highest BCUT2D eigenvalue weighted by atomic mass is 35.5. The Bertz CT molecular complexity index is 932. The summed E-state index contributed by atoms with van der Waals surface area (Å²) in [5.41, 5.74) is 3.53. The second kappa shape index (κ2) is 8.96. The number of benzene rings is 2. The fourth-order valence-electron chi connectivity index (χ4n) is 4.39. The Morgan fingerprint density at radius 2 is 1.70 bits per heavy atom. The molecule has 0 amide bonds. The minimum absolute atomic E-state index is 0.204. The van der Waals surface area contributed by atoms with E-state index >= 15 is 0 Å². The molecule has 1 atom stereocenters. The summed E-state index contributed by atoms with van der Waals surface area (Å²) in [6.07, 6.45) is 2.26. The van der Waals surface area contributed by atoms with Crippen molar-refractivity contribution in [1.82, 2.24) is 9.80 Å². The quantitative estimate of drug-likeness (QED) is 0.499. The van der Waals surface area contributed by atoms with E-state index in [2.05, 4.69) is 16.7 Å². The maximum Gasteiger partial charge on any atom is 0.162 e. The van der Waals surface area contributed by atoms with Crippen LogP contribution in [0.2, 0.25) is 10.0 Å². The van der Waals surface area contributed by atoms with Gasteiger partial charge in [0.05, 0.1) is 5.56 Å². The number of hydrogen-bond acceptors (Lipinski definition) is 3. The van der Waals surface area contributed by atoms with Crippen molar-refractivity contribution < 1.29 is 9.18 Å². The predicted octanol–water partition coefficient (Wildman–Crippen LogP) is 6.09. The highest BCUT2D eigenvalue weighted by molar-refractivity contribution is 6.34. The third kappa shape index (κ3) is 4.88. The molecule has 6 heteroatoms. The highest BCUT2D eigenvalue weighted by Gasteiger charge is 2.29. The van der Waals surface area contributed by atoms with Crippen LogP contribution in [-0.2, 0) is 6.54 Å². The van der Waals surface area contributed by atoms with Gasteiger partial charge in [-0.25, -0.2) is 4.39 Å². The third-order valence-corrected chi connectivity index (χ3v) is 6.78. The van der Waals surface area contributed by atoms with E-state index in [0.29, 0.717) is 16.0 Å². The minimum atomic E-state index is -0.396. The molecule has 2 aromatic rings. The molecule has 2 aromatic carbocycles. The molecule has 0 radical (unpaired) electrons. The van der Waals surface area contributed by atoms with Gasteiger partial charge in [0.15, 0.2) is 5.78 Å². The molecule has 0 spiro atoms. The summed E-state index contributed by atoms with van der Waals surface area (Å²) in [5.74, 6) is -0.121. The monoisotopic (exact) mass is 448 g/mol. The molecule has 3 nitrogen and oxygen atoms in total. The maximum absolute atomic E-state index is 14.5. The molecular weight excluding hydrogens is 422 g/mol. The van der Waals surface area contributed by atoms with E-state index in [1.807, 2.05) is 12.1 Å². The van der Waals surface area contributed by atoms with Gasteiger partial charge in [0.1, 0.15) is 5.82 Å². The van der Waals surface area contributed by atoms with Gasteiger partial charge in [-0.3, -0.25) is 14.6 Å². The zero-order valence-corrected chi connectivity index (χ0v) is 18.9. The molecule has 1 heterocycles. The smallest absolute Gasteiger partial charge is 0.162 e. The van der Waals surface area contributed by atoms with E-state index < -0.39 is 5.82 Å². The fraction of sp³-hybridized carbons (Fsp3) is 0.458. The molecule has 0 aromatic heterocycles.